The van der Waals surface area contributed by atoms with Gasteiger partial charge in [-0.25, -0.2) is 4.98 Å². The van der Waals surface area contributed by atoms with Crippen LogP contribution in [0.5, 0.6) is 0 Å². The zero-order valence-corrected chi connectivity index (χ0v) is 11.3. The van der Waals surface area contributed by atoms with E-state index in [2.05, 4.69) is 20.9 Å². The van der Waals surface area contributed by atoms with E-state index in [4.69, 9.17) is 5.73 Å². The molecule has 5 heteroatoms. The van der Waals surface area contributed by atoms with Crippen LogP contribution in [0.3, 0.4) is 0 Å². The van der Waals surface area contributed by atoms with Gasteiger partial charge in [-0.05, 0) is 48.3 Å². The Balaban J connectivity index is 3.10. The van der Waals surface area contributed by atoms with E-state index in [0.29, 0.717) is 0 Å². The Bertz CT molecular complexity index is 393. The number of pyridine rings is 1. The summed E-state index contributed by atoms with van der Waals surface area (Å²) in [6.45, 7) is 6.16. The Morgan fingerprint density at radius 2 is 2.25 bits per heavy atom. The maximum absolute atomic E-state index is 11.0. The van der Waals surface area contributed by atoms with Crippen molar-refractivity contribution in [1.29, 1.82) is 0 Å². The molecule has 0 aromatic carbocycles. The van der Waals surface area contributed by atoms with Crippen LogP contribution >= 0.6 is 15.9 Å². The molecule has 1 aromatic rings. The van der Waals surface area contributed by atoms with Crippen LogP contribution in [-0.4, -0.2) is 23.5 Å². The number of hydrogen-bond acceptors (Lipinski definition) is 3. The molecule has 0 unspecified atom stereocenters. The molecule has 1 aromatic heterocycles. The molecular formula is C11H16BrN3O. The van der Waals surface area contributed by atoms with Crippen molar-refractivity contribution in [3.8, 4) is 0 Å². The minimum Gasteiger partial charge on any atom is -0.368 e. The van der Waals surface area contributed by atoms with E-state index in [9.17, 15) is 4.79 Å². The molecule has 0 fully saturated rings. The molecule has 1 amide bonds. The number of aryl methyl sites for hydroxylation is 1. The molecule has 1 heterocycles. The molecule has 0 saturated carbocycles. The van der Waals surface area contributed by atoms with E-state index in [-0.39, 0.29) is 18.5 Å². The van der Waals surface area contributed by atoms with E-state index in [1.807, 2.05) is 31.7 Å². The largest absolute Gasteiger partial charge is 0.368 e. The SMILES string of the molecule is Cc1ccnc(N(CC(N)=O)C(C)C)c1Br. The number of nitrogens with zero attached hydrogens (tertiary/aromatic N) is 2. The minimum absolute atomic E-state index is 0.165. The van der Waals surface area contributed by atoms with Gasteiger partial charge in [0, 0.05) is 12.2 Å². The van der Waals surface area contributed by atoms with Crippen molar-refractivity contribution < 1.29 is 4.79 Å². The fraction of sp³-hybridized carbons (Fsp3) is 0.455. The number of halogens is 1. The van der Waals surface area contributed by atoms with Gasteiger partial charge in [0.05, 0.1) is 11.0 Å². The highest BCUT2D eigenvalue weighted by Crippen LogP contribution is 2.27. The van der Waals surface area contributed by atoms with E-state index in [1.54, 1.807) is 6.20 Å². The maximum Gasteiger partial charge on any atom is 0.237 e. The summed E-state index contributed by atoms with van der Waals surface area (Å²) in [6.07, 6.45) is 1.73. The normalized spacial score (nSPS) is 10.6. The van der Waals surface area contributed by atoms with Gasteiger partial charge in [0.2, 0.25) is 5.91 Å². The Hall–Kier alpha value is -1.10. The smallest absolute Gasteiger partial charge is 0.237 e. The molecule has 0 saturated heterocycles. The first-order valence-corrected chi connectivity index (χ1v) is 5.88. The van der Waals surface area contributed by atoms with Gasteiger partial charge in [0.1, 0.15) is 5.82 Å². The van der Waals surface area contributed by atoms with Gasteiger partial charge in [-0.2, -0.15) is 0 Å². The number of carbonyl (C=O) groups is 1. The zero-order chi connectivity index (χ0) is 12.3. The van der Waals surface area contributed by atoms with E-state index >= 15 is 0 Å². The van der Waals surface area contributed by atoms with Crippen molar-refractivity contribution in [1.82, 2.24) is 4.98 Å². The van der Waals surface area contributed by atoms with Gasteiger partial charge in [0.15, 0.2) is 0 Å². The topological polar surface area (TPSA) is 59.2 Å². The lowest BCUT2D eigenvalue weighted by atomic mass is 10.2. The summed E-state index contributed by atoms with van der Waals surface area (Å²) < 4.78 is 0.907. The van der Waals surface area contributed by atoms with E-state index < -0.39 is 0 Å². The number of nitrogens with two attached hydrogens (primary N) is 1. The Morgan fingerprint density at radius 3 is 2.75 bits per heavy atom. The van der Waals surface area contributed by atoms with Crippen molar-refractivity contribution in [3.05, 3.63) is 22.3 Å². The van der Waals surface area contributed by atoms with Crippen molar-refractivity contribution >= 4 is 27.7 Å². The number of hydrogen-bond donors (Lipinski definition) is 1. The number of anilines is 1. The van der Waals surface area contributed by atoms with Crippen LogP contribution in [-0.2, 0) is 4.79 Å². The monoisotopic (exact) mass is 285 g/mol. The Labute approximate surface area is 104 Å². The van der Waals surface area contributed by atoms with Gasteiger partial charge in [-0.1, -0.05) is 0 Å². The van der Waals surface area contributed by atoms with Gasteiger partial charge in [-0.3, -0.25) is 4.79 Å². The quantitative estimate of drug-likeness (QED) is 0.919. The lowest BCUT2D eigenvalue weighted by Crippen LogP contribution is -2.39. The standard InChI is InChI=1S/C11H16BrN3O/c1-7(2)15(6-9(13)16)11-10(12)8(3)4-5-14-11/h4-5,7H,6H2,1-3H3,(H2,13,16). The van der Waals surface area contributed by atoms with Crippen molar-refractivity contribution in [2.45, 2.75) is 26.8 Å². The van der Waals surface area contributed by atoms with Gasteiger partial charge >= 0.3 is 0 Å². The predicted molar refractivity (Wildman–Crippen MR) is 68.4 cm³/mol. The fourth-order valence-electron chi connectivity index (χ4n) is 1.40. The number of aromatic nitrogens is 1. The van der Waals surface area contributed by atoms with Crippen LogP contribution in [0.15, 0.2) is 16.7 Å². The molecule has 0 aliphatic rings. The summed E-state index contributed by atoms with van der Waals surface area (Å²) in [5, 5.41) is 0. The van der Waals surface area contributed by atoms with Crippen LogP contribution in [0, 0.1) is 6.92 Å². The summed E-state index contributed by atoms with van der Waals surface area (Å²) in [5.74, 6) is 0.401. The van der Waals surface area contributed by atoms with E-state index in [0.717, 1.165) is 15.9 Å². The highest BCUT2D eigenvalue weighted by atomic mass is 79.9. The Morgan fingerprint density at radius 1 is 1.62 bits per heavy atom. The first-order valence-electron chi connectivity index (χ1n) is 5.09. The van der Waals surface area contributed by atoms with E-state index in [1.165, 1.54) is 0 Å². The molecular weight excluding hydrogens is 270 g/mol. The first-order chi connectivity index (χ1) is 7.43. The average molecular weight is 286 g/mol. The van der Waals surface area contributed by atoms with Gasteiger partial charge in [-0.15, -0.1) is 0 Å². The second kappa shape index (κ2) is 5.30. The summed E-state index contributed by atoms with van der Waals surface area (Å²) in [5.41, 5.74) is 6.32. The van der Waals surface area contributed by atoms with Crippen LogP contribution < -0.4 is 10.6 Å². The summed E-state index contributed by atoms with van der Waals surface area (Å²) in [4.78, 5) is 17.2. The molecule has 0 aliphatic carbocycles. The first kappa shape index (κ1) is 13.0. The summed E-state index contributed by atoms with van der Waals surface area (Å²) in [6, 6.07) is 2.08. The van der Waals surface area contributed by atoms with Crippen molar-refractivity contribution in [2.75, 3.05) is 11.4 Å². The number of amides is 1. The second-order valence-electron chi connectivity index (χ2n) is 3.95. The third kappa shape index (κ3) is 2.95. The van der Waals surface area contributed by atoms with Crippen LogP contribution in [0.25, 0.3) is 0 Å². The van der Waals surface area contributed by atoms with Gasteiger partial charge in [0.25, 0.3) is 0 Å². The lowest BCUT2D eigenvalue weighted by molar-refractivity contribution is -0.116. The minimum atomic E-state index is -0.357. The zero-order valence-electron chi connectivity index (χ0n) is 9.70. The van der Waals surface area contributed by atoms with Crippen molar-refractivity contribution in [2.24, 2.45) is 5.73 Å². The molecule has 16 heavy (non-hydrogen) atoms. The van der Waals surface area contributed by atoms with Crippen molar-refractivity contribution in [3.63, 3.8) is 0 Å². The molecule has 0 radical (unpaired) electrons. The van der Waals surface area contributed by atoms with Crippen LogP contribution in [0.1, 0.15) is 19.4 Å². The molecule has 0 atom stereocenters. The molecule has 0 bridgehead atoms. The molecule has 2 N–H and O–H groups in total. The van der Waals surface area contributed by atoms with Gasteiger partial charge < -0.3 is 10.6 Å². The maximum atomic E-state index is 11.0. The highest BCUT2D eigenvalue weighted by molar-refractivity contribution is 9.10. The van der Waals surface area contributed by atoms with Crippen LogP contribution in [0.2, 0.25) is 0 Å². The second-order valence-corrected chi connectivity index (χ2v) is 4.75. The predicted octanol–water partition coefficient (Wildman–Crippen LogP) is 1.85. The number of carbonyl (C=O) groups excluding carboxylic acids is 1. The number of rotatable bonds is 4. The average Bonchev–Trinajstić information content (AvgIpc) is 2.18. The lowest BCUT2D eigenvalue weighted by Gasteiger charge is -2.27. The fourth-order valence-corrected chi connectivity index (χ4v) is 1.86. The third-order valence-corrected chi connectivity index (χ3v) is 3.27. The Kier molecular flexibility index (Phi) is 4.29. The molecule has 0 spiro atoms. The molecule has 4 nitrogen and oxygen atoms in total. The third-order valence-electron chi connectivity index (χ3n) is 2.29. The highest BCUT2D eigenvalue weighted by Gasteiger charge is 2.17. The molecule has 0 aliphatic heterocycles. The van der Waals surface area contributed by atoms with Crippen LogP contribution in [0.4, 0.5) is 5.82 Å². The summed E-state index contributed by atoms with van der Waals surface area (Å²) in [7, 11) is 0. The molecule has 88 valence electrons. The number of primary amides is 1. The summed E-state index contributed by atoms with van der Waals surface area (Å²) >= 11 is 3.48. The molecule has 1 rings (SSSR count).